The Morgan fingerprint density at radius 2 is 2.17 bits per heavy atom. The van der Waals surface area contributed by atoms with Crippen molar-refractivity contribution in [3.63, 3.8) is 0 Å². The number of nitrogens with zero attached hydrogens (tertiary/aromatic N) is 3. The van der Waals surface area contributed by atoms with Crippen molar-refractivity contribution in [3.05, 3.63) is 23.4 Å². The molecule has 1 aliphatic rings. The Bertz CT molecular complexity index is 460. The predicted octanol–water partition coefficient (Wildman–Crippen LogP) is 1.16. The van der Waals surface area contributed by atoms with Crippen molar-refractivity contribution in [3.8, 4) is 0 Å². The van der Waals surface area contributed by atoms with Crippen molar-refractivity contribution in [2.45, 2.75) is 19.9 Å². The van der Waals surface area contributed by atoms with Gasteiger partial charge in [-0.15, -0.1) is 0 Å². The van der Waals surface area contributed by atoms with Crippen LogP contribution in [-0.4, -0.2) is 47.6 Å². The van der Waals surface area contributed by atoms with Gasteiger partial charge in [-0.2, -0.15) is 0 Å². The Kier molecular flexibility index (Phi) is 3.82. The highest BCUT2D eigenvalue weighted by Crippen LogP contribution is 2.18. The summed E-state index contributed by atoms with van der Waals surface area (Å²) in [5, 5.41) is 0. The molecule has 0 spiro atoms. The number of hydrogen-bond acceptors (Lipinski definition) is 4. The molecule has 4 nitrogen and oxygen atoms in total. The minimum absolute atomic E-state index is 0.434. The average Bonchev–Trinajstić information content (AvgIpc) is 2.31. The molecule has 0 aromatic carbocycles. The van der Waals surface area contributed by atoms with Crippen LogP contribution in [-0.2, 0) is 0 Å². The zero-order valence-corrected chi connectivity index (χ0v) is 12.0. The molecule has 1 aliphatic heterocycles. The summed E-state index contributed by atoms with van der Waals surface area (Å²) in [6.45, 7) is 7.25. The van der Waals surface area contributed by atoms with Gasteiger partial charge in [0.1, 0.15) is 10.8 Å². The summed E-state index contributed by atoms with van der Waals surface area (Å²) in [4.78, 5) is 9.69. The number of anilines is 1. The minimum atomic E-state index is 0.434. The SMILES string of the molecule is Cc1cc(C(N)=S)cc(N2CCN(C)C(C)C2)n1. The van der Waals surface area contributed by atoms with Crippen LogP contribution in [0.1, 0.15) is 18.2 Å². The lowest BCUT2D eigenvalue weighted by Crippen LogP contribution is -2.50. The standard InChI is InChI=1S/C13H20N4S/c1-9-6-11(13(14)18)7-12(15-9)17-5-4-16(3)10(2)8-17/h6-7,10H,4-5,8H2,1-3H3,(H2,14,18). The third-order valence-corrected chi connectivity index (χ3v) is 3.74. The summed E-state index contributed by atoms with van der Waals surface area (Å²) >= 11 is 5.05. The summed E-state index contributed by atoms with van der Waals surface area (Å²) < 4.78 is 0. The molecule has 0 aliphatic carbocycles. The van der Waals surface area contributed by atoms with Gasteiger partial charge in [0.2, 0.25) is 0 Å². The molecule has 5 heteroatoms. The highest BCUT2D eigenvalue weighted by Gasteiger charge is 2.22. The van der Waals surface area contributed by atoms with Crippen LogP contribution in [0.2, 0.25) is 0 Å². The van der Waals surface area contributed by atoms with E-state index in [1.54, 1.807) is 0 Å². The molecule has 18 heavy (non-hydrogen) atoms. The quantitative estimate of drug-likeness (QED) is 0.812. The van der Waals surface area contributed by atoms with Crippen molar-refractivity contribution in [1.29, 1.82) is 0 Å². The van der Waals surface area contributed by atoms with Crippen molar-refractivity contribution >= 4 is 23.0 Å². The van der Waals surface area contributed by atoms with E-state index in [0.717, 1.165) is 36.7 Å². The van der Waals surface area contributed by atoms with Gasteiger partial charge in [0.25, 0.3) is 0 Å². The molecule has 0 radical (unpaired) electrons. The van der Waals surface area contributed by atoms with Crippen LogP contribution < -0.4 is 10.6 Å². The lowest BCUT2D eigenvalue weighted by Gasteiger charge is -2.38. The lowest BCUT2D eigenvalue weighted by molar-refractivity contribution is 0.233. The number of thiocarbonyl (C=S) groups is 1. The van der Waals surface area contributed by atoms with Gasteiger partial charge in [0.15, 0.2) is 0 Å². The number of hydrogen-bond donors (Lipinski definition) is 1. The van der Waals surface area contributed by atoms with Crippen LogP contribution in [0.25, 0.3) is 0 Å². The molecular weight excluding hydrogens is 244 g/mol. The van der Waals surface area contributed by atoms with Crippen LogP contribution in [0.15, 0.2) is 12.1 Å². The molecule has 98 valence electrons. The monoisotopic (exact) mass is 264 g/mol. The third kappa shape index (κ3) is 2.79. The average molecular weight is 264 g/mol. The van der Waals surface area contributed by atoms with E-state index in [0.29, 0.717) is 11.0 Å². The zero-order valence-electron chi connectivity index (χ0n) is 11.2. The van der Waals surface area contributed by atoms with E-state index in [9.17, 15) is 0 Å². The van der Waals surface area contributed by atoms with Crippen molar-refractivity contribution in [2.24, 2.45) is 5.73 Å². The highest BCUT2D eigenvalue weighted by molar-refractivity contribution is 7.80. The fourth-order valence-electron chi connectivity index (χ4n) is 2.21. The number of piperazine rings is 1. The van der Waals surface area contributed by atoms with E-state index in [1.165, 1.54) is 0 Å². The second-order valence-electron chi connectivity index (χ2n) is 5.00. The normalized spacial score (nSPS) is 21.1. The van der Waals surface area contributed by atoms with E-state index < -0.39 is 0 Å². The second-order valence-corrected chi connectivity index (χ2v) is 5.44. The second kappa shape index (κ2) is 5.20. The fraction of sp³-hybridized carbons (Fsp3) is 0.538. The molecule has 1 unspecified atom stereocenters. The maximum Gasteiger partial charge on any atom is 0.129 e. The smallest absolute Gasteiger partial charge is 0.129 e. The molecule has 2 rings (SSSR count). The van der Waals surface area contributed by atoms with E-state index in [2.05, 4.69) is 28.8 Å². The molecule has 0 saturated carbocycles. The topological polar surface area (TPSA) is 45.4 Å². The zero-order chi connectivity index (χ0) is 13.3. The fourth-order valence-corrected chi connectivity index (χ4v) is 2.33. The van der Waals surface area contributed by atoms with Gasteiger partial charge < -0.3 is 15.5 Å². The highest BCUT2D eigenvalue weighted by atomic mass is 32.1. The molecule has 1 saturated heterocycles. The number of aryl methyl sites for hydroxylation is 1. The van der Waals surface area contributed by atoms with Crippen molar-refractivity contribution in [1.82, 2.24) is 9.88 Å². The van der Waals surface area contributed by atoms with Crippen LogP contribution in [0.3, 0.4) is 0 Å². The van der Waals surface area contributed by atoms with Crippen LogP contribution in [0, 0.1) is 6.92 Å². The van der Waals surface area contributed by atoms with Gasteiger partial charge >= 0.3 is 0 Å². The first-order valence-electron chi connectivity index (χ1n) is 6.21. The number of nitrogens with two attached hydrogens (primary N) is 1. The molecule has 2 N–H and O–H groups in total. The Morgan fingerprint density at radius 3 is 2.78 bits per heavy atom. The van der Waals surface area contributed by atoms with Gasteiger partial charge in [-0.1, -0.05) is 12.2 Å². The predicted molar refractivity (Wildman–Crippen MR) is 79.2 cm³/mol. The maximum atomic E-state index is 5.71. The van der Waals surface area contributed by atoms with Gasteiger partial charge in [-0.05, 0) is 33.0 Å². The van der Waals surface area contributed by atoms with Gasteiger partial charge in [0.05, 0.1) is 0 Å². The molecular formula is C13H20N4S. The number of rotatable bonds is 2. The first kappa shape index (κ1) is 13.2. The maximum absolute atomic E-state index is 5.71. The Hall–Kier alpha value is -1.20. The first-order valence-corrected chi connectivity index (χ1v) is 6.62. The largest absolute Gasteiger partial charge is 0.389 e. The van der Waals surface area contributed by atoms with Crippen LogP contribution in [0.5, 0.6) is 0 Å². The Balaban J connectivity index is 2.25. The first-order chi connectivity index (χ1) is 8.47. The third-order valence-electron chi connectivity index (χ3n) is 3.51. The summed E-state index contributed by atoms with van der Waals surface area (Å²) in [6.07, 6.45) is 0. The van der Waals surface area contributed by atoms with E-state index in [1.807, 2.05) is 19.1 Å². The van der Waals surface area contributed by atoms with E-state index in [-0.39, 0.29) is 0 Å². The number of pyridine rings is 1. The van der Waals surface area contributed by atoms with Crippen LogP contribution in [0.4, 0.5) is 5.82 Å². The molecule has 1 fully saturated rings. The Morgan fingerprint density at radius 1 is 1.44 bits per heavy atom. The summed E-state index contributed by atoms with van der Waals surface area (Å²) in [7, 11) is 2.16. The van der Waals surface area contributed by atoms with Crippen molar-refractivity contribution in [2.75, 3.05) is 31.6 Å². The lowest BCUT2D eigenvalue weighted by atomic mass is 10.1. The summed E-state index contributed by atoms with van der Waals surface area (Å²) in [5.74, 6) is 0.984. The van der Waals surface area contributed by atoms with Gasteiger partial charge in [-0.25, -0.2) is 4.98 Å². The van der Waals surface area contributed by atoms with Gasteiger partial charge in [-0.3, -0.25) is 0 Å². The number of aromatic nitrogens is 1. The molecule has 0 amide bonds. The molecule has 1 atom stereocenters. The summed E-state index contributed by atoms with van der Waals surface area (Å²) in [5.41, 5.74) is 7.57. The van der Waals surface area contributed by atoms with Gasteiger partial charge in [0, 0.05) is 36.9 Å². The summed E-state index contributed by atoms with van der Waals surface area (Å²) in [6, 6.07) is 4.47. The molecule has 1 aromatic heterocycles. The van der Waals surface area contributed by atoms with Crippen molar-refractivity contribution < 1.29 is 0 Å². The van der Waals surface area contributed by atoms with E-state index >= 15 is 0 Å². The molecule has 2 heterocycles. The van der Waals surface area contributed by atoms with E-state index in [4.69, 9.17) is 18.0 Å². The number of likely N-dealkylation sites (N-methyl/N-ethyl adjacent to an activating group) is 1. The van der Waals surface area contributed by atoms with Crippen LogP contribution >= 0.6 is 12.2 Å². The Labute approximate surface area is 114 Å². The molecule has 0 bridgehead atoms. The minimum Gasteiger partial charge on any atom is -0.389 e. The molecule has 1 aromatic rings.